The third-order valence-corrected chi connectivity index (χ3v) is 6.08. The van der Waals surface area contributed by atoms with Gasteiger partial charge < -0.3 is 14.4 Å². The molecule has 0 fully saturated rings. The maximum absolute atomic E-state index is 15.1. The minimum Gasteiger partial charge on any atom is -0.493 e. The summed E-state index contributed by atoms with van der Waals surface area (Å²) in [7, 11) is 3.10. The van der Waals surface area contributed by atoms with E-state index in [0.29, 0.717) is 35.1 Å². The fourth-order valence-corrected chi connectivity index (χ4v) is 4.40. The summed E-state index contributed by atoms with van der Waals surface area (Å²) >= 11 is 12.4. The summed E-state index contributed by atoms with van der Waals surface area (Å²) in [6, 6.07) is 14.1. The summed E-state index contributed by atoms with van der Waals surface area (Å²) in [5.41, 5.74) is 2.41. The van der Waals surface area contributed by atoms with Crippen molar-refractivity contribution in [2.24, 2.45) is 0 Å². The Balaban J connectivity index is 1.90. The predicted octanol–water partition coefficient (Wildman–Crippen LogP) is 5.94. The number of ether oxygens (including phenoxy) is 2. The van der Waals surface area contributed by atoms with Gasteiger partial charge in [-0.2, -0.15) is 0 Å². The highest BCUT2D eigenvalue weighted by atomic mass is 35.5. The number of fused-ring (bicyclic) bond motifs is 1. The number of halogens is 3. The number of nitrogens with zero attached hydrogens (tertiary/aromatic N) is 1. The van der Waals surface area contributed by atoms with E-state index in [1.165, 1.54) is 13.2 Å². The van der Waals surface area contributed by atoms with Gasteiger partial charge in [-0.05, 0) is 66.1 Å². The van der Waals surface area contributed by atoms with E-state index in [4.69, 9.17) is 32.7 Å². The molecule has 1 heterocycles. The molecule has 0 radical (unpaired) electrons. The minimum atomic E-state index is -0.722. The average Bonchev–Trinajstić information content (AvgIpc) is 2.78. The quantitative estimate of drug-likeness (QED) is 0.484. The van der Waals surface area contributed by atoms with Gasteiger partial charge in [0.2, 0.25) is 0 Å². The van der Waals surface area contributed by atoms with Gasteiger partial charge in [0.25, 0.3) is 5.91 Å². The summed E-state index contributed by atoms with van der Waals surface area (Å²) in [6.45, 7) is 0.388. The molecule has 4 nitrogen and oxygen atoms in total. The highest BCUT2D eigenvalue weighted by Gasteiger charge is 2.36. The molecule has 3 aromatic rings. The molecule has 0 N–H and O–H groups in total. The van der Waals surface area contributed by atoms with Gasteiger partial charge in [-0.15, -0.1) is 0 Å². The zero-order chi connectivity index (χ0) is 22.1. The Kier molecular flexibility index (Phi) is 6.08. The van der Waals surface area contributed by atoms with Gasteiger partial charge in [0.1, 0.15) is 5.82 Å². The molecule has 160 valence electrons. The lowest BCUT2D eigenvalue weighted by atomic mass is 9.87. The number of benzene rings is 3. The molecule has 1 aliphatic heterocycles. The normalized spacial score (nSPS) is 15.4. The summed E-state index contributed by atoms with van der Waals surface area (Å²) < 4.78 is 26.0. The maximum atomic E-state index is 15.1. The Morgan fingerprint density at radius 2 is 1.71 bits per heavy atom. The maximum Gasteiger partial charge on any atom is 0.254 e. The highest BCUT2D eigenvalue weighted by Crippen LogP contribution is 2.44. The van der Waals surface area contributed by atoms with Gasteiger partial charge in [0.15, 0.2) is 11.5 Å². The molecule has 3 aromatic carbocycles. The van der Waals surface area contributed by atoms with E-state index in [2.05, 4.69) is 0 Å². The lowest BCUT2D eigenvalue weighted by Gasteiger charge is -2.38. The number of methoxy groups -OCH3 is 2. The van der Waals surface area contributed by atoms with Crippen LogP contribution in [-0.2, 0) is 6.42 Å². The Bertz CT molecular complexity index is 1110. The average molecular weight is 460 g/mol. The lowest BCUT2D eigenvalue weighted by molar-refractivity contribution is 0.0692. The van der Waals surface area contributed by atoms with Crippen molar-refractivity contribution in [2.75, 3.05) is 20.8 Å². The summed E-state index contributed by atoms with van der Waals surface area (Å²) in [4.78, 5) is 15.1. The van der Waals surface area contributed by atoms with Crippen LogP contribution in [0.1, 0.15) is 33.1 Å². The van der Waals surface area contributed by atoms with Gasteiger partial charge >= 0.3 is 0 Å². The van der Waals surface area contributed by atoms with Crippen LogP contribution in [0, 0.1) is 5.82 Å². The molecular formula is C24H20Cl2FNO3. The zero-order valence-corrected chi connectivity index (χ0v) is 18.5. The standard InChI is InChI=1S/C24H20Cl2FNO3/c1-30-20-12-15-10-11-28(24(29)14-6-8-16(25)9-7-14)23(17(15)13-21(20)31-2)22-18(26)4-3-5-19(22)27/h3-9,12-13,23H,10-11H2,1-2H3/t23-/m0/s1. The molecule has 31 heavy (non-hydrogen) atoms. The lowest BCUT2D eigenvalue weighted by Crippen LogP contribution is -2.41. The molecule has 1 aliphatic rings. The molecule has 0 spiro atoms. The number of hydrogen-bond acceptors (Lipinski definition) is 3. The number of carbonyl (C=O) groups excluding carboxylic acids is 1. The zero-order valence-electron chi connectivity index (χ0n) is 17.0. The van der Waals surface area contributed by atoms with Crippen LogP contribution in [0.2, 0.25) is 10.0 Å². The molecule has 0 saturated carbocycles. The second-order valence-electron chi connectivity index (χ2n) is 7.20. The number of rotatable bonds is 4. The number of carbonyl (C=O) groups is 1. The van der Waals surface area contributed by atoms with Crippen molar-refractivity contribution in [2.45, 2.75) is 12.5 Å². The smallest absolute Gasteiger partial charge is 0.254 e. The molecule has 7 heteroatoms. The first-order chi connectivity index (χ1) is 14.9. The summed E-state index contributed by atoms with van der Waals surface area (Å²) in [6.07, 6.45) is 0.581. The number of hydrogen-bond donors (Lipinski definition) is 0. The second kappa shape index (κ2) is 8.77. The molecule has 1 atom stereocenters. The largest absolute Gasteiger partial charge is 0.493 e. The van der Waals surface area contributed by atoms with Crippen molar-refractivity contribution in [3.8, 4) is 11.5 Å². The van der Waals surface area contributed by atoms with Crippen LogP contribution in [0.4, 0.5) is 4.39 Å². The third-order valence-electron chi connectivity index (χ3n) is 5.50. The monoisotopic (exact) mass is 459 g/mol. The molecule has 4 rings (SSSR count). The Hall–Kier alpha value is -2.76. The fraction of sp³-hybridized carbons (Fsp3) is 0.208. The van der Waals surface area contributed by atoms with Crippen molar-refractivity contribution in [1.82, 2.24) is 4.90 Å². The first-order valence-electron chi connectivity index (χ1n) is 9.69. The van der Waals surface area contributed by atoms with E-state index in [0.717, 1.165) is 11.1 Å². The van der Waals surface area contributed by atoms with E-state index < -0.39 is 11.9 Å². The Morgan fingerprint density at radius 1 is 1.03 bits per heavy atom. The van der Waals surface area contributed by atoms with Crippen LogP contribution in [-0.4, -0.2) is 31.6 Å². The first kappa shape index (κ1) is 21.5. The van der Waals surface area contributed by atoms with Gasteiger partial charge in [-0.3, -0.25) is 4.79 Å². The predicted molar refractivity (Wildman–Crippen MR) is 119 cm³/mol. The van der Waals surface area contributed by atoms with Crippen molar-refractivity contribution in [1.29, 1.82) is 0 Å². The molecule has 0 aromatic heterocycles. The molecule has 0 unspecified atom stereocenters. The van der Waals surface area contributed by atoms with Crippen LogP contribution < -0.4 is 9.47 Å². The van der Waals surface area contributed by atoms with Gasteiger partial charge in [0, 0.05) is 27.7 Å². The van der Waals surface area contributed by atoms with E-state index in [1.807, 2.05) is 6.07 Å². The van der Waals surface area contributed by atoms with Crippen molar-refractivity contribution >= 4 is 29.1 Å². The molecule has 0 saturated heterocycles. The molecular weight excluding hydrogens is 440 g/mol. The van der Waals surface area contributed by atoms with E-state index in [1.54, 1.807) is 54.5 Å². The van der Waals surface area contributed by atoms with Crippen LogP contribution >= 0.6 is 23.2 Å². The number of amides is 1. The van der Waals surface area contributed by atoms with Crippen molar-refractivity contribution in [3.63, 3.8) is 0 Å². The topological polar surface area (TPSA) is 38.8 Å². The fourth-order valence-electron chi connectivity index (χ4n) is 4.01. The summed E-state index contributed by atoms with van der Waals surface area (Å²) in [5, 5.41) is 0.785. The van der Waals surface area contributed by atoms with E-state index in [-0.39, 0.29) is 16.5 Å². The van der Waals surface area contributed by atoms with Crippen LogP contribution in [0.25, 0.3) is 0 Å². The van der Waals surface area contributed by atoms with Crippen molar-refractivity contribution in [3.05, 3.63) is 92.7 Å². The van der Waals surface area contributed by atoms with E-state index in [9.17, 15) is 4.79 Å². The molecule has 0 bridgehead atoms. The SMILES string of the molecule is COc1cc2c(cc1OC)[C@@H](c1c(F)cccc1Cl)N(C(=O)c1ccc(Cl)cc1)CC2. The molecule has 0 aliphatic carbocycles. The van der Waals surface area contributed by atoms with Crippen molar-refractivity contribution < 1.29 is 18.7 Å². The van der Waals surface area contributed by atoms with Crippen LogP contribution in [0.15, 0.2) is 54.6 Å². The Morgan fingerprint density at radius 3 is 2.35 bits per heavy atom. The minimum absolute atomic E-state index is 0.235. The van der Waals surface area contributed by atoms with Gasteiger partial charge in [-0.1, -0.05) is 29.3 Å². The van der Waals surface area contributed by atoms with E-state index >= 15 is 4.39 Å². The van der Waals surface area contributed by atoms with Gasteiger partial charge in [0.05, 0.1) is 20.3 Å². The van der Waals surface area contributed by atoms with Crippen LogP contribution in [0.3, 0.4) is 0 Å². The highest BCUT2D eigenvalue weighted by molar-refractivity contribution is 6.31. The first-order valence-corrected chi connectivity index (χ1v) is 10.5. The van der Waals surface area contributed by atoms with Crippen LogP contribution in [0.5, 0.6) is 11.5 Å². The Labute approximate surface area is 190 Å². The summed E-state index contributed by atoms with van der Waals surface area (Å²) in [5.74, 6) is 0.368. The molecule has 1 amide bonds. The second-order valence-corrected chi connectivity index (χ2v) is 8.04. The third kappa shape index (κ3) is 3.95. The van der Waals surface area contributed by atoms with Gasteiger partial charge in [-0.25, -0.2) is 4.39 Å².